The van der Waals surface area contributed by atoms with Crippen molar-refractivity contribution in [1.82, 2.24) is 0 Å². The highest BCUT2D eigenvalue weighted by atomic mass is 35.5. The summed E-state index contributed by atoms with van der Waals surface area (Å²) in [5, 5.41) is 4.29. The third kappa shape index (κ3) is 3.49. The van der Waals surface area contributed by atoms with E-state index in [1.165, 1.54) is 5.56 Å². The molecule has 1 N–H and O–H groups in total. The van der Waals surface area contributed by atoms with Crippen molar-refractivity contribution >= 4 is 23.0 Å². The number of hydrogen-bond donors (Lipinski definition) is 1. The molecule has 1 aliphatic heterocycles. The van der Waals surface area contributed by atoms with Gasteiger partial charge in [0.15, 0.2) is 0 Å². The first-order valence-electron chi connectivity index (χ1n) is 7.23. The number of nitrogens with zero attached hydrogens (tertiary/aromatic N) is 1. The predicted octanol–water partition coefficient (Wildman–Crippen LogP) is 3.79. The Bertz CT molecular complexity index is 583. The molecule has 1 aliphatic rings. The smallest absolute Gasteiger partial charge is 0.0792 e. The van der Waals surface area contributed by atoms with Crippen molar-refractivity contribution in [3.8, 4) is 0 Å². The minimum atomic E-state index is 0.753. The van der Waals surface area contributed by atoms with Crippen molar-refractivity contribution in [2.45, 2.75) is 6.54 Å². The van der Waals surface area contributed by atoms with Gasteiger partial charge in [-0.3, -0.25) is 0 Å². The summed E-state index contributed by atoms with van der Waals surface area (Å²) in [6, 6.07) is 16.4. The Hall–Kier alpha value is -1.71. The lowest BCUT2D eigenvalue weighted by atomic mass is 10.2. The van der Waals surface area contributed by atoms with E-state index in [0.29, 0.717) is 0 Å². The highest BCUT2D eigenvalue weighted by Crippen LogP contribution is 2.34. The van der Waals surface area contributed by atoms with Gasteiger partial charge in [-0.05, 0) is 17.7 Å². The molecule has 3 rings (SSSR count). The monoisotopic (exact) mass is 302 g/mol. The number of para-hydroxylation sites is 1. The lowest BCUT2D eigenvalue weighted by Crippen LogP contribution is -2.36. The number of halogens is 1. The van der Waals surface area contributed by atoms with Crippen LogP contribution in [0.1, 0.15) is 5.56 Å². The largest absolute Gasteiger partial charge is 0.379 e. The summed E-state index contributed by atoms with van der Waals surface area (Å²) in [4.78, 5) is 2.29. The van der Waals surface area contributed by atoms with Gasteiger partial charge in [-0.2, -0.15) is 0 Å². The van der Waals surface area contributed by atoms with E-state index >= 15 is 0 Å². The number of hydrogen-bond acceptors (Lipinski definition) is 3. The van der Waals surface area contributed by atoms with E-state index in [-0.39, 0.29) is 0 Å². The fraction of sp³-hybridized carbons (Fsp3) is 0.294. The number of ether oxygens (including phenoxy) is 1. The number of rotatable bonds is 4. The standard InChI is InChI=1S/C17H19ClN2O/c18-15-7-4-8-16(17(15)20-9-11-21-12-10-20)19-13-14-5-2-1-3-6-14/h1-8,19H,9-13H2. The van der Waals surface area contributed by atoms with E-state index < -0.39 is 0 Å². The molecule has 0 unspecified atom stereocenters. The molecule has 3 nitrogen and oxygen atoms in total. The van der Waals surface area contributed by atoms with Crippen molar-refractivity contribution in [1.29, 1.82) is 0 Å². The zero-order chi connectivity index (χ0) is 14.5. The second kappa shape index (κ2) is 6.83. The van der Waals surface area contributed by atoms with E-state index in [1.54, 1.807) is 0 Å². The van der Waals surface area contributed by atoms with Gasteiger partial charge >= 0.3 is 0 Å². The van der Waals surface area contributed by atoms with Crippen molar-refractivity contribution in [2.24, 2.45) is 0 Å². The zero-order valence-corrected chi connectivity index (χ0v) is 12.6. The van der Waals surface area contributed by atoms with Gasteiger partial charge in [0.1, 0.15) is 0 Å². The lowest BCUT2D eigenvalue weighted by Gasteiger charge is -2.31. The summed E-state index contributed by atoms with van der Waals surface area (Å²) in [5.41, 5.74) is 3.41. The van der Waals surface area contributed by atoms with Gasteiger partial charge in [0, 0.05) is 19.6 Å². The summed E-state index contributed by atoms with van der Waals surface area (Å²) in [7, 11) is 0. The van der Waals surface area contributed by atoms with Crippen LogP contribution in [0, 0.1) is 0 Å². The summed E-state index contributed by atoms with van der Waals surface area (Å²) >= 11 is 6.42. The van der Waals surface area contributed by atoms with Crippen LogP contribution in [0.25, 0.3) is 0 Å². The van der Waals surface area contributed by atoms with Gasteiger partial charge in [0.2, 0.25) is 0 Å². The Morgan fingerprint density at radius 2 is 1.76 bits per heavy atom. The molecule has 4 heteroatoms. The molecule has 0 aromatic heterocycles. The SMILES string of the molecule is Clc1cccc(NCc2ccccc2)c1N1CCOCC1. The molecule has 1 saturated heterocycles. The van der Waals surface area contributed by atoms with Crippen molar-refractivity contribution in [3.05, 3.63) is 59.1 Å². The molecule has 0 bridgehead atoms. The van der Waals surface area contributed by atoms with Crippen LogP contribution in [0.2, 0.25) is 5.02 Å². The number of anilines is 2. The molecule has 0 saturated carbocycles. The van der Waals surface area contributed by atoms with E-state index in [1.807, 2.05) is 18.2 Å². The van der Waals surface area contributed by atoms with Crippen molar-refractivity contribution in [2.75, 3.05) is 36.5 Å². The predicted molar refractivity (Wildman–Crippen MR) is 88.3 cm³/mol. The van der Waals surface area contributed by atoms with Gasteiger partial charge in [-0.25, -0.2) is 0 Å². The summed E-state index contributed by atoms with van der Waals surface area (Å²) in [6.07, 6.45) is 0. The fourth-order valence-corrected chi connectivity index (χ4v) is 2.85. The Morgan fingerprint density at radius 3 is 2.52 bits per heavy atom. The lowest BCUT2D eigenvalue weighted by molar-refractivity contribution is 0.123. The molecule has 110 valence electrons. The second-order valence-electron chi connectivity index (χ2n) is 5.07. The molecule has 0 amide bonds. The molecule has 1 heterocycles. The Labute approximate surface area is 130 Å². The number of morpholine rings is 1. The topological polar surface area (TPSA) is 24.5 Å². The first-order chi connectivity index (χ1) is 10.3. The minimum Gasteiger partial charge on any atom is -0.379 e. The van der Waals surface area contributed by atoms with Gasteiger partial charge in [0.25, 0.3) is 0 Å². The zero-order valence-electron chi connectivity index (χ0n) is 11.9. The minimum absolute atomic E-state index is 0.753. The van der Waals surface area contributed by atoms with Crippen LogP contribution in [-0.4, -0.2) is 26.3 Å². The maximum Gasteiger partial charge on any atom is 0.0792 e. The molecular formula is C17H19ClN2O. The van der Waals surface area contributed by atoms with E-state index in [2.05, 4.69) is 40.5 Å². The molecule has 0 atom stereocenters. The Balaban J connectivity index is 1.79. The van der Waals surface area contributed by atoms with Crippen LogP contribution in [-0.2, 0) is 11.3 Å². The van der Waals surface area contributed by atoms with Crippen LogP contribution in [0.3, 0.4) is 0 Å². The molecule has 2 aromatic rings. The molecule has 21 heavy (non-hydrogen) atoms. The van der Waals surface area contributed by atoms with E-state index in [4.69, 9.17) is 16.3 Å². The third-order valence-electron chi connectivity index (χ3n) is 3.64. The highest BCUT2D eigenvalue weighted by molar-refractivity contribution is 6.34. The van der Waals surface area contributed by atoms with Crippen LogP contribution < -0.4 is 10.2 Å². The molecule has 1 fully saturated rings. The van der Waals surface area contributed by atoms with Crippen LogP contribution in [0.5, 0.6) is 0 Å². The van der Waals surface area contributed by atoms with Crippen molar-refractivity contribution in [3.63, 3.8) is 0 Å². The molecule has 0 radical (unpaired) electrons. The summed E-state index contributed by atoms with van der Waals surface area (Å²) in [6.45, 7) is 4.05. The van der Waals surface area contributed by atoms with Gasteiger partial charge in [0.05, 0.1) is 29.6 Å². The Kier molecular flexibility index (Phi) is 4.63. The van der Waals surface area contributed by atoms with Crippen molar-refractivity contribution < 1.29 is 4.74 Å². The molecule has 0 spiro atoms. The first-order valence-corrected chi connectivity index (χ1v) is 7.61. The van der Waals surface area contributed by atoms with Gasteiger partial charge in [-0.15, -0.1) is 0 Å². The third-order valence-corrected chi connectivity index (χ3v) is 3.94. The average Bonchev–Trinajstić information content (AvgIpc) is 2.55. The summed E-state index contributed by atoms with van der Waals surface area (Å²) < 4.78 is 5.43. The quantitative estimate of drug-likeness (QED) is 0.930. The van der Waals surface area contributed by atoms with Gasteiger partial charge < -0.3 is 15.0 Å². The number of nitrogens with one attached hydrogen (secondary N) is 1. The highest BCUT2D eigenvalue weighted by Gasteiger charge is 2.17. The van der Waals surface area contributed by atoms with Crippen LogP contribution in [0.4, 0.5) is 11.4 Å². The second-order valence-corrected chi connectivity index (χ2v) is 5.48. The average molecular weight is 303 g/mol. The van der Waals surface area contributed by atoms with Crippen LogP contribution >= 0.6 is 11.6 Å². The van der Waals surface area contributed by atoms with E-state index in [0.717, 1.165) is 49.2 Å². The molecule has 0 aliphatic carbocycles. The molecule has 2 aromatic carbocycles. The summed E-state index contributed by atoms with van der Waals surface area (Å²) in [5.74, 6) is 0. The number of benzene rings is 2. The first kappa shape index (κ1) is 14.2. The fourth-order valence-electron chi connectivity index (χ4n) is 2.56. The molecular weight excluding hydrogens is 284 g/mol. The van der Waals surface area contributed by atoms with E-state index in [9.17, 15) is 0 Å². The van der Waals surface area contributed by atoms with Crippen LogP contribution in [0.15, 0.2) is 48.5 Å². The normalized spacial score (nSPS) is 15.0. The maximum atomic E-state index is 6.42. The Morgan fingerprint density at radius 1 is 1.00 bits per heavy atom. The van der Waals surface area contributed by atoms with Gasteiger partial charge in [-0.1, -0.05) is 48.0 Å². The maximum absolute atomic E-state index is 6.42.